The molecule has 0 bridgehead atoms. The van der Waals surface area contributed by atoms with E-state index in [0.29, 0.717) is 19.0 Å². The highest BCUT2D eigenvalue weighted by Crippen LogP contribution is 2.28. The number of anilines is 1. The zero-order valence-electron chi connectivity index (χ0n) is 15.2. The molecule has 0 aromatic heterocycles. The van der Waals surface area contributed by atoms with Gasteiger partial charge in [-0.2, -0.15) is 0 Å². The lowest BCUT2D eigenvalue weighted by atomic mass is 10.2. The van der Waals surface area contributed by atoms with Crippen molar-refractivity contribution in [2.75, 3.05) is 46.3 Å². The molecule has 1 aromatic rings. The van der Waals surface area contributed by atoms with E-state index in [9.17, 15) is 13.2 Å². The standard InChI is InChI=1S/C16H26N2O6S/c1-6-23-9-10-24-12(2)16(19)17-14-11-13(7-8-15(14)22-5)25(20,21)18(3)4/h7-8,11-12H,6,9-10H2,1-5H3,(H,17,19)/t12-/m0/s1. The third kappa shape index (κ3) is 5.96. The van der Waals surface area contributed by atoms with Crippen LogP contribution in [-0.2, 0) is 24.3 Å². The van der Waals surface area contributed by atoms with Crippen LogP contribution in [0.5, 0.6) is 5.75 Å². The molecule has 0 heterocycles. The van der Waals surface area contributed by atoms with Crippen molar-refractivity contribution >= 4 is 21.6 Å². The van der Waals surface area contributed by atoms with Crippen LogP contribution in [0.2, 0.25) is 0 Å². The molecule has 0 fully saturated rings. The van der Waals surface area contributed by atoms with Gasteiger partial charge in [-0.15, -0.1) is 0 Å². The van der Waals surface area contributed by atoms with Crippen molar-refractivity contribution in [3.05, 3.63) is 18.2 Å². The Labute approximate surface area is 149 Å². The van der Waals surface area contributed by atoms with Crippen LogP contribution in [0.25, 0.3) is 0 Å². The number of nitrogens with zero attached hydrogens (tertiary/aromatic N) is 1. The number of carbonyl (C=O) groups excluding carboxylic acids is 1. The highest BCUT2D eigenvalue weighted by molar-refractivity contribution is 7.89. The van der Waals surface area contributed by atoms with Crippen molar-refractivity contribution in [1.29, 1.82) is 0 Å². The Morgan fingerprint density at radius 1 is 1.28 bits per heavy atom. The van der Waals surface area contributed by atoms with Gasteiger partial charge in [0.15, 0.2) is 0 Å². The van der Waals surface area contributed by atoms with Crippen LogP contribution in [-0.4, -0.2) is 65.8 Å². The second-order valence-electron chi connectivity index (χ2n) is 5.35. The van der Waals surface area contributed by atoms with Gasteiger partial charge >= 0.3 is 0 Å². The van der Waals surface area contributed by atoms with Crippen LogP contribution < -0.4 is 10.1 Å². The van der Waals surface area contributed by atoms with E-state index in [1.54, 1.807) is 6.92 Å². The Bertz CT molecular complexity index is 675. The van der Waals surface area contributed by atoms with Crippen molar-refractivity contribution in [2.45, 2.75) is 24.8 Å². The number of hydrogen-bond acceptors (Lipinski definition) is 6. The molecule has 1 N–H and O–H groups in total. The van der Waals surface area contributed by atoms with Crippen LogP contribution >= 0.6 is 0 Å². The average molecular weight is 374 g/mol. The van der Waals surface area contributed by atoms with E-state index in [2.05, 4.69) is 5.32 Å². The number of hydrogen-bond donors (Lipinski definition) is 1. The molecule has 0 radical (unpaired) electrons. The maximum absolute atomic E-state index is 12.2. The fourth-order valence-corrected chi connectivity index (χ4v) is 2.82. The van der Waals surface area contributed by atoms with E-state index in [0.717, 1.165) is 4.31 Å². The molecule has 0 saturated carbocycles. The fraction of sp³-hybridized carbons (Fsp3) is 0.562. The molecule has 8 nitrogen and oxygen atoms in total. The van der Waals surface area contributed by atoms with E-state index in [1.165, 1.54) is 39.4 Å². The summed E-state index contributed by atoms with van der Waals surface area (Å²) < 4.78 is 41.3. The lowest BCUT2D eigenvalue weighted by Crippen LogP contribution is -2.29. The van der Waals surface area contributed by atoms with Crippen LogP contribution in [0, 0.1) is 0 Å². The van der Waals surface area contributed by atoms with E-state index >= 15 is 0 Å². The highest BCUT2D eigenvalue weighted by atomic mass is 32.2. The predicted octanol–water partition coefficient (Wildman–Crippen LogP) is 1.33. The summed E-state index contributed by atoms with van der Waals surface area (Å²) in [7, 11) is 0.689. The lowest BCUT2D eigenvalue weighted by Gasteiger charge is -2.17. The Kier molecular flexibility index (Phi) is 8.30. The Hall–Kier alpha value is -1.68. The molecule has 0 unspecified atom stereocenters. The van der Waals surface area contributed by atoms with E-state index < -0.39 is 22.0 Å². The minimum absolute atomic E-state index is 0.0542. The van der Waals surface area contributed by atoms with Gasteiger partial charge in [-0.05, 0) is 32.0 Å². The molecule has 1 amide bonds. The van der Waals surface area contributed by atoms with E-state index in [1.807, 2.05) is 6.92 Å². The van der Waals surface area contributed by atoms with Crippen molar-refractivity contribution in [3.8, 4) is 5.75 Å². The van der Waals surface area contributed by atoms with Crippen molar-refractivity contribution in [1.82, 2.24) is 4.31 Å². The molecule has 9 heteroatoms. The summed E-state index contributed by atoms with van der Waals surface area (Å²) in [6.07, 6.45) is -0.723. The second-order valence-corrected chi connectivity index (χ2v) is 7.50. The number of rotatable bonds is 10. The monoisotopic (exact) mass is 374 g/mol. The van der Waals surface area contributed by atoms with Gasteiger partial charge in [0.2, 0.25) is 10.0 Å². The Morgan fingerprint density at radius 3 is 2.52 bits per heavy atom. The molecule has 0 aliphatic rings. The molecule has 142 valence electrons. The molecular weight excluding hydrogens is 348 g/mol. The summed E-state index contributed by atoms with van der Waals surface area (Å²) in [5, 5.41) is 2.64. The maximum atomic E-state index is 12.2. The van der Waals surface area contributed by atoms with Gasteiger partial charge in [0, 0.05) is 20.7 Å². The molecule has 0 aliphatic heterocycles. The third-order valence-electron chi connectivity index (χ3n) is 3.38. The molecule has 1 rings (SSSR count). The summed E-state index contributed by atoms with van der Waals surface area (Å²) in [6, 6.07) is 4.28. The topological polar surface area (TPSA) is 94.2 Å². The van der Waals surface area contributed by atoms with Crippen molar-refractivity contribution in [3.63, 3.8) is 0 Å². The van der Waals surface area contributed by atoms with Crippen LogP contribution in [0.4, 0.5) is 5.69 Å². The maximum Gasteiger partial charge on any atom is 0.253 e. The zero-order valence-corrected chi connectivity index (χ0v) is 16.1. The number of benzene rings is 1. The smallest absolute Gasteiger partial charge is 0.253 e. The van der Waals surface area contributed by atoms with Gasteiger partial charge in [0.05, 0.1) is 30.9 Å². The normalized spacial score (nSPS) is 12.9. The molecule has 1 aromatic carbocycles. The second kappa shape index (κ2) is 9.71. The zero-order chi connectivity index (χ0) is 19.0. The van der Waals surface area contributed by atoms with E-state index in [4.69, 9.17) is 14.2 Å². The van der Waals surface area contributed by atoms with E-state index in [-0.39, 0.29) is 17.2 Å². The van der Waals surface area contributed by atoms with Crippen LogP contribution in [0.15, 0.2) is 23.1 Å². The molecule has 0 aliphatic carbocycles. The summed E-state index contributed by atoms with van der Waals surface area (Å²) in [5.41, 5.74) is 0.260. The molecule has 0 saturated heterocycles. The number of carbonyl (C=O) groups is 1. The number of nitrogens with one attached hydrogen (secondary N) is 1. The highest BCUT2D eigenvalue weighted by Gasteiger charge is 2.21. The molecule has 1 atom stereocenters. The number of ether oxygens (including phenoxy) is 3. The van der Waals surface area contributed by atoms with Crippen LogP contribution in [0.1, 0.15) is 13.8 Å². The SMILES string of the molecule is CCOCCO[C@@H](C)C(=O)Nc1cc(S(=O)(=O)N(C)C)ccc1OC. The lowest BCUT2D eigenvalue weighted by molar-refractivity contribution is -0.127. The first-order valence-electron chi connectivity index (χ1n) is 7.84. The van der Waals surface area contributed by atoms with Gasteiger partial charge in [0.25, 0.3) is 5.91 Å². The first kappa shape index (κ1) is 21.4. The quantitative estimate of drug-likeness (QED) is 0.621. The van der Waals surface area contributed by atoms with Gasteiger partial charge in [-0.25, -0.2) is 12.7 Å². The number of methoxy groups -OCH3 is 1. The van der Waals surface area contributed by atoms with Crippen LogP contribution in [0.3, 0.4) is 0 Å². The average Bonchev–Trinajstić information content (AvgIpc) is 2.58. The summed E-state index contributed by atoms with van der Waals surface area (Å²) in [5.74, 6) is -0.0539. The van der Waals surface area contributed by atoms with Gasteiger partial charge < -0.3 is 19.5 Å². The van der Waals surface area contributed by atoms with Gasteiger partial charge in [-0.1, -0.05) is 0 Å². The molecular formula is C16H26N2O6S. The third-order valence-corrected chi connectivity index (χ3v) is 5.19. The first-order valence-corrected chi connectivity index (χ1v) is 9.28. The summed E-state index contributed by atoms with van der Waals surface area (Å²) in [6.45, 7) is 4.74. The number of sulfonamides is 1. The minimum Gasteiger partial charge on any atom is -0.495 e. The Balaban J connectivity index is 2.90. The van der Waals surface area contributed by atoms with Crippen molar-refractivity contribution in [2.24, 2.45) is 0 Å². The minimum atomic E-state index is -3.62. The number of amides is 1. The summed E-state index contributed by atoms with van der Waals surface area (Å²) >= 11 is 0. The van der Waals surface area contributed by atoms with Gasteiger partial charge in [-0.3, -0.25) is 4.79 Å². The molecule has 0 spiro atoms. The first-order chi connectivity index (χ1) is 11.7. The Morgan fingerprint density at radius 2 is 1.96 bits per heavy atom. The largest absolute Gasteiger partial charge is 0.495 e. The van der Waals surface area contributed by atoms with Gasteiger partial charge in [0.1, 0.15) is 11.9 Å². The predicted molar refractivity (Wildman–Crippen MR) is 94.4 cm³/mol. The molecule has 25 heavy (non-hydrogen) atoms. The fourth-order valence-electron chi connectivity index (χ4n) is 1.89. The van der Waals surface area contributed by atoms with Crippen molar-refractivity contribution < 1.29 is 27.4 Å². The summed E-state index contributed by atoms with van der Waals surface area (Å²) in [4.78, 5) is 12.3.